The minimum atomic E-state index is -0.0555. The van der Waals surface area contributed by atoms with E-state index >= 15 is 0 Å². The monoisotopic (exact) mass is 383 g/mol. The Kier molecular flexibility index (Phi) is 5.40. The molecule has 0 heterocycles. The van der Waals surface area contributed by atoms with E-state index in [1.54, 1.807) is 0 Å². The second-order valence-corrected chi connectivity index (χ2v) is 8.38. The number of rotatable bonds is 6. The van der Waals surface area contributed by atoms with E-state index in [2.05, 4.69) is 12.2 Å². The van der Waals surface area contributed by atoms with Gasteiger partial charge >= 0.3 is 0 Å². The summed E-state index contributed by atoms with van der Waals surface area (Å²) in [6.07, 6.45) is 5.31. The average molecular weight is 384 g/mol. The van der Waals surface area contributed by atoms with Gasteiger partial charge in [0.2, 0.25) is 0 Å². The van der Waals surface area contributed by atoms with Crippen LogP contribution in [0.5, 0.6) is 5.75 Å². The van der Waals surface area contributed by atoms with Gasteiger partial charge in [0.15, 0.2) is 0 Å². The second-order valence-electron chi connectivity index (χ2n) is 7.98. The smallest absolute Gasteiger partial charge is 0.255 e. The molecule has 2 bridgehead atoms. The van der Waals surface area contributed by atoms with Gasteiger partial charge in [-0.15, -0.1) is 0 Å². The van der Waals surface area contributed by atoms with E-state index in [0.717, 1.165) is 17.4 Å². The number of hydrogen-bond donors (Lipinski definition) is 1. The number of carbonyl (C=O) groups excluding carboxylic acids is 1. The summed E-state index contributed by atoms with van der Waals surface area (Å²) >= 11 is 6.21. The number of ether oxygens (including phenoxy) is 1. The molecule has 0 radical (unpaired) electrons. The molecule has 27 heavy (non-hydrogen) atoms. The number of para-hydroxylation sites is 1. The summed E-state index contributed by atoms with van der Waals surface area (Å²) in [4.78, 5) is 12.9. The molecule has 2 saturated carbocycles. The quantitative estimate of drug-likeness (QED) is 0.717. The van der Waals surface area contributed by atoms with Crippen LogP contribution in [0.15, 0.2) is 48.5 Å². The molecule has 2 aromatic rings. The molecule has 0 spiro atoms. The van der Waals surface area contributed by atoms with Gasteiger partial charge in [-0.1, -0.05) is 48.4 Å². The molecule has 0 saturated heterocycles. The molecule has 4 heteroatoms. The van der Waals surface area contributed by atoms with Gasteiger partial charge < -0.3 is 10.1 Å². The van der Waals surface area contributed by atoms with Crippen LogP contribution < -0.4 is 10.1 Å². The molecular weight excluding hydrogens is 358 g/mol. The highest BCUT2D eigenvalue weighted by Crippen LogP contribution is 2.49. The van der Waals surface area contributed by atoms with Gasteiger partial charge in [-0.3, -0.25) is 4.79 Å². The first-order chi connectivity index (χ1) is 13.1. The summed E-state index contributed by atoms with van der Waals surface area (Å²) in [5, 5.41) is 3.90. The first-order valence-electron chi connectivity index (χ1n) is 9.88. The lowest BCUT2D eigenvalue weighted by molar-refractivity contribution is 0.0910. The van der Waals surface area contributed by atoms with Gasteiger partial charge in [-0.25, -0.2) is 0 Å². The summed E-state index contributed by atoms with van der Waals surface area (Å²) in [5.41, 5.74) is 1.49. The number of nitrogens with one attached hydrogen (secondary N) is 1. The predicted octanol–water partition coefficient (Wildman–Crippen LogP) is 5.47. The number of fused-ring (bicyclic) bond motifs is 2. The van der Waals surface area contributed by atoms with Crippen molar-refractivity contribution < 1.29 is 9.53 Å². The molecule has 2 aliphatic rings. The van der Waals surface area contributed by atoms with Crippen molar-refractivity contribution in [2.24, 2.45) is 17.8 Å². The highest BCUT2D eigenvalue weighted by Gasteiger charge is 2.42. The molecule has 2 aromatic carbocycles. The Morgan fingerprint density at radius 1 is 1.15 bits per heavy atom. The van der Waals surface area contributed by atoms with Crippen molar-refractivity contribution >= 4 is 17.5 Å². The molecule has 0 unspecified atom stereocenters. The van der Waals surface area contributed by atoms with Crippen LogP contribution in [0.4, 0.5) is 0 Å². The number of benzene rings is 2. The summed E-state index contributed by atoms with van der Waals surface area (Å²) in [7, 11) is 0. The van der Waals surface area contributed by atoms with Crippen LogP contribution in [-0.4, -0.2) is 11.9 Å². The molecule has 3 nitrogen and oxygen atoms in total. The Morgan fingerprint density at radius 2 is 1.93 bits per heavy atom. The Bertz CT molecular complexity index is 822. The minimum absolute atomic E-state index is 0.0555. The van der Waals surface area contributed by atoms with Gasteiger partial charge in [0.1, 0.15) is 12.4 Å². The van der Waals surface area contributed by atoms with E-state index in [1.807, 2.05) is 48.5 Å². The summed E-state index contributed by atoms with van der Waals surface area (Å²) in [5.74, 6) is 2.82. The Balaban J connectivity index is 1.42. The first kappa shape index (κ1) is 18.4. The minimum Gasteiger partial charge on any atom is -0.488 e. The van der Waals surface area contributed by atoms with E-state index in [0.29, 0.717) is 28.9 Å². The number of carbonyl (C=O) groups is 1. The van der Waals surface area contributed by atoms with Crippen LogP contribution in [0.25, 0.3) is 0 Å². The van der Waals surface area contributed by atoms with Crippen molar-refractivity contribution in [3.63, 3.8) is 0 Å². The third-order valence-corrected chi connectivity index (χ3v) is 6.64. The van der Waals surface area contributed by atoms with Crippen molar-refractivity contribution in [2.75, 3.05) is 0 Å². The molecule has 1 amide bonds. The fourth-order valence-electron chi connectivity index (χ4n) is 4.85. The Morgan fingerprint density at radius 3 is 2.67 bits per heavy atom. The highest BCUT2D eigenvalue weighted by atomic mass is 35.5. The fourth-order valence-corrected chi connectivity index (χ4v) is 5.04. The van der Waals surface area contributed by atoms with Gasteiger partial charge in [-0.05, 0) is 62.1 Å². The average Bonchev–Trinajstić information content (AvgIpc) is 3.31. The van der Waals surface area contributed by atoms with Crippen molar-refractivity contribution in [3.05, 3.63) is 64.7 Å². The Hall–Kier alpha value is -2.00. The van der Waals surface area contributed by atoms with Crippen LogP contribution in [0.2, 0.25) is 5.02 Å². The van der Waals surface area contributed by atoms with Crippen LogP contribution in [0, 0.1) is 17.8 Å². The zero-order valence-corrected chi connectivity index (χ0v) is 16.4. The fraction of sp³-hybridized carbons (Fsp3) is 0.435. The van der Waals surface area contributed by atoms with E-state index in [1.165, 1.54) is 25.7 Å². The van der Waals surface area contributed by atoms with Gasteiger partial charge in [-0.2, -0.15) is 0 Å². The van der Waals surface area contributed by atoms with Gasteiger partial charge in [0, 0.05) is 16.6 Å². The van der Waals surface area contributed by atoms with Crippen LogP contribution >= 0.6 is 11.6 Å². The molecule has 0 aliphatic heterocycles. The molecule has 4 atom stereocenters. The second kappa shape index (κ2) is 7.93. The summed E-state index contributed by atoms with van der Waals surface area (Å²) in [6.45, 7) is 2.49. The largest absolute Gasteiger partial charge is 0.488 e. The molecule has 4 rings (SSSR count). The topological polar surface area (TPSA) is 38.3 Å². The molecule has 1 N–H and O–H groups in total. The SMILES string of the molecule is C[C@@H](NC(=O)c1ccccc1OCc1ccccc1Cl)[C@@H]1C[C@@H]2CC[C@@H]1C2. The van der Waals surface area contributed by atoms with Gasteiger partial charge in [0.25, 0.3) is 5.91 Å². The van der Waals surface area contributed by atoms with Crippen molar-refractivity contribution in [2.45, 2.75) is 45.3 Å². The lowest BCUT2D eigenvalue weighted by Gasteiger charge is -2.28. The van der Waals surface area contributed by atoms with Crippen LogP contribution in [-0.2, 0) is 6.61 Å². The lowest BCUT2D eigenvalue weighted by atomic mass is 9.84. The van der Waals surface area contributed by atoms with Crippen molar-refractivity contribution in [3.8, 4) is 5.75 Å². The van der Waals surface area contributed by atoms with E-state index < -0.39 is 0 Å². The number of hydrogen-bond acceptors (Lipinski definition) is 2. The van der Waals surface area contributed by atoms with E-state index in [9.17, 15) is 4.79 Å². The molecular formula is C23H26ClNO2. The highest BCUT2D eigenvalue weighted by molar-refractivity contribution is 6.31. The summed E-state index contributed by atoms with van der Waals surface area (Å²) < 4.78 is 5.94. The van der Waals surface area contributed by atoms with Crippen molar-refractivity contribution in [1.29, 1.82) is 0 Å². The van der Waals surface area contributed by atoms with E-state index in [4.69, 9.17) is 16.3 Å². The zero-order chi connectivity index (χ0) is 18.8. The Labute approximate surface area is 166 Å². The third-order valence-electron chi connectivity index (χ3n) is 6.27. The standard InChI is InChI=1S/C23H26ClNO2/c1-15(20-13-16-10-11-17(20)12-16)25-23(26)19-7-3-5-9-22(19)27-14-18-6-2-4-8-21(18)24/h2-9,15-17,20H,10-14H2,1H3,(H,25,26)/t15-,16-,17-,20+/m1/s1. The maximum atomic E-state index is 12.9. The van der Waals surface area contributed by atoms with Crippen LogP contribution in [0.3, 0.4) is 0 Å². The third kappa shape index (κ3) is 3.98. The molecule has 0 aromatic heterocycles. The van der Waals surface area contributed by atoms with Crippen LogP contribution in [0.1, 0.15) is 48.5 Å². The first-order valence-corrected chi connectivity index (χ1v) is 10.3. The predicted molar refractivity (Wildman–Crippen MR) is 108 cm³/mol. The normalized spacial score (nSPS) is 24.6. The maximum Gasteiger partial charge on any atom is 0.255 e. The number of halogens is 1. The number of amides is 1. The maximum absolute atomic E-state index is 12.9. The molecule has 2 aliphatic carbocycles. The van der Waals surface area contributed by atoms with Gasteiger partial charge in [0.05, 0.1) is 5.56 Å². The summed E-state index contributed by atoms with van der Waals surface area (Å²) in [6, 6.07) is 15.2. The lowest BCUT2D eigenvalue weighted by Crippen LogP contribution is -2.40. The molecule has 142 valence electrons. The molecule has 2 fully saturated rings. The van der Waals surface area contributed by atoms with Crippen molar-refractivity contribution in [1.82, 2.24) is 5.32 Å². The zero-order valence-electron chi connectivity index (χ0n) is 15.7. The van der Waals surface area contributed by atoms with E-state index in [-0.39, 0.29) is 11.9 Å².